The van der Waals surface area contributed by atoms with Gasteiger partial charge in [0.1, 0.15) is 17.1 Å². The fourth-order valence-corrected chi connectivity index (χ4v) is 4.77. The van der Waals surface area contributed by atoms with E-state index in [1.54, 1.807) is 26.2 Å². The number of nitrogens with zero attached hydrogens (tertiary/aromatic N) is 3. The molecular weight excluding hydrogens is 490 g/mol. The smallest absolute Gasteiger partial charge is 0.281 e. The number of carbonyl (C=O) groups excluding carboxylic acids is 1. The molecule has 2 heterocycles. The van der Waals surface area contributed by atoms with Gasteiger partial charge in [0.05, 0.1) is 12.8 Å². The van der Waals surface area contributed by atoms with Crippen molar-refractivity contribution in [1.29, 1.82) is 0 Å². The first-order valence-electron chi connectivity index (χ1n) is 10.6. The van der Waals surface area contributed by atoms with E-state index in [9.17, 15) is 13.6 Å². The molecule has 0 radical (unpaired) electrons. The molecule has 4 rings (SSSR count). The lowest BCUT2D eigenvalue weighted by atomic mass is 10.1. The normalized spacial score (nSPS) is 14.7. The second-order valence-corrected chi connectivity index (χ2v) is 9.17. The zero-order valence-electron chi connectivity index (χ0n) is 19.2. The molecular formula is C25H22F2N4O2S2. The van der Waals surface area contributed by atoms with E-state index in [2.05, 4.69) is 15.3 Å². The molecule has 10 heteroatoms. The number of amides is 1. The average molecular weight is 513 g/mol. The van der Waals surface area contributed by atoms with Crippen molar-refractivity contribution in [3.05, 3.63) is 82.3 Å². The number of thioether (sulfide) groups is 1. The van der Waals surface area contributed by atoms with Crippen LogP contribution in [0, 0.1) is 13.8 Å². The number of benzene rings is 2. The van der Waals surface area contributed by atoms with Crippen LogP contribution < -0.4 is 15.0 Å². The maximum absolute atomic E-state index is 13.1. The van der Waals surface area contributed by atoms with E-state index in [0.717, 1.165) is 16.7 Å². The number of ether oxygens (including phenoxy) is 1. The van der Waals surface area contributed by atoms with Crippen molar-refractivity contribution in [2.45, 2.75) is 31.2 Å². The average Bonchev–Trinajstić information content (AvgIpc) is 3.10. The third-order valence-corrected chi connectivity index (χ3v) is 6.37. The Morgan fingerprint density at radius 1 is 1.17 bits per heavy atom. The molecule has 3 aromatic rings. The highest BCUT2D eigenvalue weighted by molar-refractivity contribution is 7.98. The minimum atomic E-state index is -2.66. The summed E-state index contributed by atoms with van der Waals surface area (Å²) in [5, 5.41) is 3.56. The first-order chi connectivity index (χ1) is 16.7. The second-order valence-electron chi connectivity index (χ2n) is 7.85. The van der Waals surface area contributed by atoms with Crippen LogP contribution in [0.1, 0.15) is 34.5 Å². The van der Waals surface area contributed by atoms with Gasteiger partial charge in [-0.15, -0.1) is 0 Å². The van der Waals surface area contributed by atoms with E-state index >= 15 is 0 Å². The van der Waals surface area contributed by atoms with Crippen molar-refractivity contribution < 1.29 is 18.3 Å². The summed E-state index contributed by atoms with van der Waals surface area (Å²) in [6.07, 6.45) is -0.946. The molecule has 0 aliphatic carbocycles. The maximum atomic E-state index is 13.1. The lowest BCUT2D eigenvalue weighted by Gasteiger charge is -2.14. The Hall–Kier alpha value is -3.37. The molecule has 2 aromatic carbocycles. The largest absolute Gasteiger partial charge is 0.496 e. The molecule has 0 saturated carbocycles. The number of hydrogen-bond acceptors (Lipinski definition) is 6. The number of carbonyl (C=O) groups is 1. The monoisotopic (exact) mass is 512 g/mol. The van der Waals surface area contributed by atoms with Crippen LogP contribution in [0.15, 0.2) is 59.4 Å². The number of nitrogens with one attached hydrogen (secondary N) is 1. The molecule has 1 aliphatic heterocycles. The Morgan fingerprint density at radius 3 is 2.69 bits per heavy atom. The summed E-state index contributed by atoms with van der Waals surface area (Å²) in [5.74, 6) is 0.769. The van der Waals surface area contributed by atoms with Crippen LogP contribution in [0.3, 0.4) is 0 Å². The van der Waals surface area contributed by atoms with Crippen LogP contribution in [0.5, 0.6) is 5.75 Å². The van der Waals surface area contributed by atoms with Gasteiger partial charge in [0.2, 0.25) is 0 Å². The Labute approximate surface area is 211 Å². The predicted molar refractivity (Wildman–Crippen MR) is 137 cm³/mol. The molecule has 1 amide bonds. The third-order valence-electron chi connectivity index (χ3n) is 5.19. The van der Waals surface area contributed by atoms with Gasteiger partial charge >= 0.3 is 0 Å². The fraction of sp³-hybridized carbons (Fsp3) is 0.200. The summed E-state index contributed by atoms with van der Waals surface area (Å²) in [6.45, 7) is 3.60. The summed E-state index contributed by atoms with van der Waals surface area (Å²) >= 11 is 6.63. The van der Waals surface area contributed by atoms with E-state index in [1.807, 2.05) is 43.3 Å². The molecule has 1 N–H and O–H groups in total. The van der Waals surface area contributed by atoms with Gasteiger partial charge in [0.25, 0.3) is 12.3 Å². The number of aryl methyl sites for hydroxylation is 2. The van der Waals surface area contributed by atoms with E-state index in [1.165, 1.54) is 22.7 Å². The van der Waals surface area contributed by atoms with Crippen LogP contribution in [0.2, 0.25) is 0 Å². The van der Waals surface area contributed by atoms with Crippen molar-refractivity contribution in [3.8, 4) is 5.75 Å². The van der Waals surface area contributed by atoms with Crippen LogP contribution in [0.4, 0.5) is 14.5 Å². The Morgan fingerprint density at radius 2 is 1.97 bits per heavy atom. The predicted octanol–water partition coefficient (Wildman–Crippen LogP) is 5.59. The van der Waals surface area contributed by atoms with Crippen LogP contribution in [-0.2, 0) is 10.5 Å². The van der Waals surface area contributed by atoms with Crippen molar-refractivity contribution in [1.82, 2.24) is 15.3 Å². The molecule has 0 atom stereocenters. The zero-order chi connectivity index (χ0) is 25.1. The number of rotatable bonds is 7. The second kappa shape index (κ2) is 10.5. The molecule has 1 aromatic heterocycles. The van der Waals surface area contributed by atoms with Gasteiger partial charge < -0.3 is 10.1 Å². The molecule has 6 nitrogen and oxygen atoms in total. The molecule has 1 aliphatic rings. The Kier molecular flexibility index (Phi) is 7.42. The summed E-state index contributed by atoms with van der Waals surface area (Å²) < 4.78 is 31.7. The van der Waals surface area contributed by atoms with Gasteiger partial charge in [-0.05, 0) is 73.6 Å². The molecule has 35 heavy (non-hydrogen) atoms. The quantitative estimate of drug-likeness (QED) is 0.191. The Bertz CT molecular complexity index is 1330. The number of aromatic nitrogens is 2. The topological polar surface area (TPSA) is 67.3 Å². The summed E-state index contributed by atoms with van der Waals surface area (Å²) in [4.78, 5) is 22.7. The van der Waals surface area contributed by atoms with E-state index < -0.39 is 6.43 Å². The first-order valence-corrected chi connectivity index (χ1v) is 12.0. The lowest BCUT2D eigenvalue weighted by Crippen LogP contribution is -2.30. The maximum Gasteiger partial charge on any atom is 0.281 e. The number of hydrogen-bond donors (Lipinski definition) is 1. The van der Waals surface area contributed by atoms with E-state index in [4.69, 9.17) is 17.0 Å². The van der Waals surface area contributed by atoms with Crippen LogP contribution in [0.25, 0.3) is 6.08 Å². The van der Waals surface area contributed by atoms with Crippen molar-refractivity contribution in [2.75, 3.05) is 12.0 Å². The highest BCUT2D eigenvalue weighted by Crippen LogP contribution is 2.30. The van der Waals surface area contributed by atoms with Crippen molar-refractivity contribution in [2.24, 2.45) is 0 Å². The first kappa shape index (κ1) is 24.7. The summed E-state index contributed by atoms with van der Waals surface area (Å²) in [5.41, 5.74) is 3.80. The third kappa shape index (κ3) is 5.66. The molecule has 1 fully saturated rings. The Balaban J connectivity index is 1.57. The summed E-state index contributed by atoms with van der Waals surface area (Å²) in [7, 11) is 1.56. The number of halogens is 2. The van der Waals surface area contributed by atoms with Crippen LogP contribution in [-0.4, -0.2) is 28.1 Å². The summed E-state index contributed by atoms with van der Waals surface area (Å²) in [6, 6.07) is 14.3. The highest BCUT2D eigenvalue weighted by Gasteiger charge is 2.32. The van der Waals surface area contributed by atoms with Gasteiger partial charge in [0, 0.05) is 17.0 Å². The van der Waals surface area contributed by atoms with E-state index in [0.29, 0.717) is 33.7 Å². The SMILES string of the molecule is COc1ccc(/C=C2/NC(=S)N(c3cccc(C)c3)C2=O)cc1CSc1nc(C)cc(C(F)F)n1. The number of methoxy groups -OCH3 is 1. The van der Waals surface area contributed by atoms with Gasteiger partial charge in [-0.2, -0.15) is 0 Å². The highest BCUT2D eigenvalue weighted by atomic mass is 32.2. The van der Waals surface area contributed by atoms with Gasteiger partial charge in [-0.1, -0.05) is 30.0 Å². The van der Waals surface area contributed by atoms with Gasteiger partial charge in [0.15, 0.2) is 10.3 Å². The van der Waals surface area contributed by atoms with Gasteiger partial charge in [-0.25, -0.2) is 18.7 Å². The minimum Gasteiger partial charge on any atom is -0.496 e. The van der Waals surface area contributed by atoms with Crippen molar-refractivity contribution >= 4 is 46.8 Å². The molecule has 0 bridgehead atoms. The number of thiocarbonyl (C=S) groups is 1. The van der Waals surface area contributed by atoms with Crippen LogP contribution >= 0.6 is 24.0 Å². The van der Waals surface area contributed by atoms with Crippen molar-refractivity contribution in [3.63, 3.8) is 0 Å². The minimum absolute atomic E-state index is 0.250. The molecule has 0 unspecified atom stereocenters. The molecule has 0 spiro atoms. The number of alkyl halides is 2. The van der Waals surface area contributed by atoms with Gasteiger partial charge in [-0.3, -0.25) is 9.69 Å². The number of anilines is 1. The van der Waals surface area contributed by atoms with E-state index in [-0.39, 0.29) is 16.8 Å². The lowest BCUT2D eigenvalue weighted by molar-refractivity contribution is -0.113. The standard InChI is InChI=1S/C25H22F2N4O2S2/c1-14-5-4-6-18(9-14)31-23(32)20(30-25(31)34)12-16-7-8-21(33-3)17(11-16)13-35-24-28-15(2)10-19(29-24)22(26)27/h4-12,22H,13H2,1-3H3,(H,30,34)/b20-12+. The zero-order valence-corrected chi connectivity index (χ0v) is 20.8. The molecule has 180 valence electrons. The fourth-order valence-electron chi connectivity index (χ4n) is 3.59. The molecule has 1 saturated heterocycles.